The quantitative estimate of drug-likeness (QED) is 0.448. The molecule has 1 saturated heterocycles. The van der Waals surface area contributed by atoms with Gasteiger partial charge in [-0.25, -0.2) is 4.68 Å². The fourth-order valence-corrected chi connectivity index (χ4v) is 5.31. The predicted molar refractivity (Wildman–Crippen MR) is 132 cm³/mol. The van der Waals surface area contributed by atoms with E-state index in [1.165, 1.54) is 19.3 Å². The monoisotopic (exact) mass is 467 g/mol. The van der Waals surface area contributed by atoms with Crippen LogP contribution in [-0.4, -0.2) is 53.4 Å². The summed E-state index contributed by atoms with van der Waals surface area (Å²) in [5.41, 5.74) is 3.01. The lowest BCUT2D eigenvalue weighted by Crippen LogP contribution is -2.40. The van der Waals surface area contributed by atoms with Gasteiger partial charge in [-0.3, -0.25) is 9.78 Å². The number of amides is 1. The van der Waals surface area contributed by atoms with Gasteiger partial charge in [-0.2, -0.15) is 5.10 Å². The second kappa shape index (κ2) is 9.44. The molecule has 6 rings (SSSR count). The number of carbonyl (C=O) groups excluding carboxylic acids is 1. The van der Waals surface area contributed by atoms with Gasteiger partial charge in [0.05, 0.1) is 11.3 Å². The summed E-state index contributed by atoms with van der Waals surface area (Å²) in [4.78, 5) is 20.1. The Labute approximate surface area is 204 Å². The number of fused-ring (bicyclic) bond motifs is 1. The van der Waals surface area contributed by atoms with Gasteiger partial charge in [-0.15, -0.1) is 10.2 Å². The Morgan fingerprint density at radius 3 is 2.71 bits per heavy atom. The molecule has 0 spiro atoms. The van der Waals surface area contributed by atoms with Crippen molar-refractivity contribution in [1.82, 2.24) is 34.4 Å². The van der Waals surface area contributed by atoms with Crippen LogP contribution < -0.4 is 0 Å². The van der Waals surface area contributed by atoms with Crippen molar-refractivity contribution in [1.29, 1.82) is 0 Å². The Bertz CT molecular complexity index is 1310. The molecule has 0 saturated carbocycles. The summed E-state index contributed by atoms with van der Waals surface area (Å²) in [6, 6.07) is 13.7. The van der Waals surface area contributed by atoms with E-state index < -0.39 is 0 Å². The first-order valence-electron chi connectivity index (χ1n) is 12.5. The molecule has 0 N–H and O–H groups in total. The van der Waals surface area contributed by atoms with Crippen molar-refractivity contribution in [3.63, 3.8) is 0 Å². The Hall–Kier alpha value is -3.81. The molecule has 1 fully saturated rings. The Balaban J connectivity index is 1.32. The second-order valence-electron chi connectivity index (χ2n) is 9.44. The second-order valence-corrected chi connectivity index (χ2v) is 9.44. The number of para-hydroxylation sites is 1. The van der Waals surface area contributed by atoms with Gasteiger partial charge in [0.15, 0.2) is 0 Å². The molecule has 5 heterocycles. The first-order valence-corrected chi connectivity index (χ1v) is 12.5. The zero-order valence-electron chi connectivity index (χ0n) is 19.8. The normalized spacial score (nSPS) is 18.2. The molecular formula is C27H29N7O. The van der Waals surface area contributed by atoms with E-state index in [0.717, 1.165) is 55.3 Å². The van der Waals surface area contributed by atoms with Gasteiger partial charge in [0, 0.05) is 56.1 Å². The van der Waals surface area contributed by atoms with Crippen molar-refractivity contribution < 1.29 is 4.79 Å². The van der Waals surface area contributed by atoms with E-state index >= 15 is 0 Å². The van der Waals surface area contributed by atoms with E-state index in [1.807, 2.05) is 53.6 Å². The van der Waals surface area contributed by atoms with E-state index in [2.05, 4.69) is 19.7 Å². The maximum absolute atomic E-state index is 13.9. The lowest BCUT2D eigenvalue weighted by Gasteiger charge is -2.32. The number of rotatable bonds is 4. The minimum atomic E-state index is 0.00587. The van der Waals surface area contributed by atoms with E-state index in [4.69, 9.17) is 5.10 Å². The van der Waals surface area contributed by atoms with Crippen molar-refractivity contribution in [2.45, 2.75) is 51.0 Å². The molecule has 1 atom stereocenters. The minimum absolute atomic E-state index is 0.00587. The molecule has 35 heavy (non-hydrogen) atoms. The van der Waals surface area contributed by atoms with Crippen molar-refractivity contribution >= 4 is 5.91 Å². The highest BCUT2D eigenvalue weighted by Crippen LogP contribution is 2.31. The molecule has 4 aromatic rings. The van der Waals surface area contributed by atoms with Crippen molar-refractivity contribution in [2.24, 2.45) is 0 Å². The van der Waals surface area contributed by atoms with Gasteiger partial charge in [-0.1, -0.05) is 24.6 Å². The summed E-state index contributed by atoms with van der Waals surface area (Å²) in [6.45, 7) is 2.37. The van der Waals surface area contributed by atoms with Crippen LogP contribution >= 0.6 is 0 Å². The van der Waals surface area contributed by atoms with Gasteiger partial charge in [0.25, 0.3) is 5.91 Å². The zero-order valence-corrected chi connectivity index (χ0v) is 19.8. The van der Waals surface area contributed by atoms with Crippen molar-refractivity contribution in [2.75, 3.05) is 13.1 Å². The van der Waals surface area contributed by atoms with Crippen LogP contribution in [0.3, 0.4) is 0 Å². The summed E-state index contributed by atoms with van der Waals surface area (Å²) in [7, 11) is 0. The molecule has 2 aliphatic rings. The Kier molecular flexibility index (Phi) is 5.86. The molecule has 1 amide bonds. The van der Waals surface area contributed by atoms with Gasteiger partial charge < -0.3 is 9.47 Å². The average molecular weight is 468 g/mol. The third kappa shape index (κ3) is 4.24. The van der Waals surface area contributed by atoms with Crippen LogP contribution in [0.15, 0.2) is 61.1 Å². The number of carbonyl (C=O) groups is 1. The van der Waals surface area contributed by atoms with E-state index in [0.29, 0.717) is 17.8 Å². The van der Waals surface area contributed by atoms with Crippen LogP contribution in [0.2, 0.25) is 0 Å². The number of likely N-dealkylation sites (tertiary alicyclic amines) is 1. The topological polar surface area (TPSA) is 81.7 Å². The number of benzene rings is 1. The van der Waals surface area contributed by atoms with Crippen LogP contribution in [0.5, 0.6) is 0 Å². The molecule has 1 unspecified atom stereocenters. The van der Waals surface area contributed by atoms with Gasteiger partial charge in [-0.05, 0) is 49.9 Å². The highest BCUT2D eigenvalue weighted by Gasteiger charge is 2.32. The van der Waals surface area contributed by atoms with Gasteiger partial charge in [0.2, 0.25) is 0 Å². The minimum Gasteiger partial charge on any atom is -0.338 e. The number of aromatic nitrogens is 6. The van der Waals surface area contributed by atoms with Crippen LogP contribution in [-0.2, 0) is 13.0 Å². The highest BCUT2D eigenvalue weighted by atomic mass is 16.2. The summed E-state index contributed by atoms with van der Waals surface area (Å²) in [5, 5.41) is 13.9. The van der Waals surface area contributed by atoms with E-state index in [1.54, 1.807) is 17.1 Å². The van der Waals surface area contributed by atoms with E-state index in [9.17, 15) is 4.79 Å². The predicted octanol–water partition coefficient (Wildman–Crippen LogP) is 4.27. The fraction of sp³-hybridized carbons (Fsp3) is 0.370. The van der Waals surface area contributed by atoms with Gasteiger partial charge in [0.1, 0.15) is 17.3 Å². The van der Waals surface area contributed by atoms with Crippen LogP contribution in [0.1, 0.15) is 60.0 Å². The molecular weight excluding hydrogens is 438 g/mol. The molecule has 8 nitrogen and oxygen atoms in total. The van der Waals surface area contributed by atoms with Crippen molar-refractivity contribution in [3.8, 4) is 16.9 Å². The largest absolute Gasteiger partial charge is 0.338 e. The average Bonchev–Trinajstić information content (AvgIpc) is 3.47. The summed E-state index contributed by atoms with van der Waals surface area (Å²) in [6.07, 6.45) is 11.9. The summed E-state index contributed by atoms with van der Waals surface area (Å²) < 4.78 is 4.11. The third-order valence-electron chi connectivity index (χ3n) is 7.11. The standard InChI is InChI=1S/C27H29N7O/c35-27(32-15-8-10-21(18-32)26-30-29-24-13-5-2-6-16-33(24)26)23-19-34(22-11-3-1-4-12-22)31-25(23)20-9-7-14-28-17-20/h1,3-4,7,9,11-12,14,17,19,21H,2,5-6,8,10,13,15-16,18H2. The smallest absolute Gasteiger partial charge is 0.257 e. The molecule has 2 aliphatic heterocycles. The summed E-state index contributed by atoms with van der Waals surface area (Å²) >= 11 is 0. The number of nitrogens with zero attached hydrogens (tertiary/aromatic N) is 7. The first kappa shape index (κ1) is 21.7. The molecule has 1 aromatic carbocycles. The Morgan fingerprint density at radius 1 is 0.943 bits per heavy atom. The fourth-order valence-electron chi connectivity index (χ4n) is 5.31. The zero-order chi connectivity index (χ0) is 23.6. The third-order valence-corrected chi connectivity index (χ3v) is 7.11. The lowest BCUT2D eigenvalue weighted by atomic mass is 9.96. The number of hydrogen-bond donors (Lipinski definition) is 0. The maximum Gasteiger partial charge on any atom is 0.257 e. The molecule has 0 bridgehead atoms. The highest BCUT2D eigenvalue weighted by molar-refractivity contribution is 6.00. The van der Waals surface area contributed by atoms with Crippen molar-refractivity contribution in [3.05, 3.63) is 78.3 Å². The SMILES string of the molecule is O=C(c1cn(-c2ccccc2)nc1-c1cccnc1)N1CCCC(c2nnc3n2CCCCC3)C1. The van der Waals surface area contributed by atoms with E-state index in [-0.39, 0.29) is 11.8 Å². The molecule has 0 aliphatic carbocycles. The molecule has 178 valence electrons. The van der Waals surface area contributed by atoms with Crippen LogP contribution in [0.25, 0.3) is 16.9 Å². The number of piperidine rings is 1. The van der Waals surface area contributed by atoms with Crippen LogP contribution in [0, 0.1) is 0 Å². The number of hydrogen-bond acceptors (Lipinski definition) is 5. The molecule has 3 aromatic heterocycles. The number of pyridine rings is 1. The van der Waals surface area contributed by atoms with Crippen LogP contribution in [0.4, 0.5) is 0 Å². The summed E-state index contributed by atoms with van der Waals surface area (Å²) in [5.74, 6) is 2.36. The lowest BCUT2D eigenvalue weighted by molar-refractivity contribution is 0.0704. The molecule has 8 heteroatoms. The molecule has 0 radical (unpaired) electrons. The first-order chi connectivity index (χ1) is 17.3. The number of aryl methyl sites for hydroxylation is 1. The Morgan fingerprint density at radius 2 is 1.86 bits per heavy atom. The van der Waals surface area contributed by atoms with Gasteiger partial charge >= 0.3 is 0 Å². The maximum atomic E-state index is 13.9.